The minimum atomic E-state index is 0.231. The molecule has 3 rings (SSSR count). The topological polar surface area (TPSA) is 56.0 Å². The predicted octanol–water partition coefficient (Wildman–Crippen LogP) is 4.24. The van der Waals surface area contributed by atoms with Crippen molar-refractivity contribution in [2.24, 2.45) is 0 Å². The first kappa shape index (κ1) is 14.6. The van der Waals surface area contributed by atoms with Crippen molar-refractivity contribution in [3.63, 3.8) is 0 Å². The van der Waals surface area contributed by atoms with Crippen molar-refractivity contribution in [3.05, 3.63) is 41.0 Å². The number of aromatic nitrogens is 2. The van der Waals surface area contributed by atoms with Gasteiger partial charge in [-0.25, -0.2) is 0 Å². The number of carbonyl (C=O) groups excluding carboxylic acids is 1. The number of Topliss-reactive ketones (excluding diaryl/α,β-unsaturated/α-hetero) is 1. The lowest BCUT2D eigenvalue weighted by Crippen LogP contribution is -2.12. The number of hydrogen-bond donors (Lipinski definition) is 0. The Balaban J connectivity index is 1.60. The van der Waals surface area contributed by atoms with Crippen LogP contribution in [-0.4, -0.2) is 15.9 Å². The lowest BCUT2D eigenvalue weighted by Gasteiger charge is -2.16. The fourth-order valence-electron chi connectivity index (χ4n) is 2.38. The van der Waals surface area contributed by atoms with E-state index in [1.807, 2.05) is 24.3 Å². The largest absolute Gasteiger partial charge is 0.339 e. The van der Waals surface area contributed by atoms with Gasteiger partial charge in [0.1, 0.15) is 5.78 Å². The monoisotopic (exact) mass is 322 g/mol. The van der Waals surface area contributed by atoms with Crippen molar-refractivity contribution in [1.29, 1.82) is 0 Å². The van der Waals surface area contributed by atoms with E-state index in [-0.39, 0.29) is 5.92 Å². The van der Waals surface area contributed by atoms with Crippen LogP contribution < -0.4 is 0 Å². The zero-order valence-electron chi connectivity index (χ0n) is 11.4. The van der Waals surface area contributed by atoms with Crippen LogP contribution in [-0.2, 0) is 10.5 Å². The molecule has 2 aromatic rings. The summed E-state index contributed by atoms with van der Waals surface area (Å²) >= 11 is 7.70. The van der Waals surface area contributed by atoms with Gasteiger partial charge in [-0.15, -0.1) is 11.8 Å². The highest BCUT2D eigenvalue weighted by Crippen LogP contribution is 2.32. The molecule has 1 heterocycles. The summed E-state index contributed by atoms with van der Waals surface area (Å²) < 4.78 is 5.34. The van der Waals surface area contributed by atoms with Gasteiger partial charge >= 0.3 is 0 Å². The Morgan fingerprint density at radius 1 is 1.29 bits per heavy atom. The molecule has 0 radical (unpaired) electrons. The van der Waals surface area contributed by atoms with E-state index in [0.29, 0.717) is 36.1 Å². The highest BCUT2D eigenvalue weighted by Gasteiger charge is 2.24. The maximum Gasteiger partial charge on any atom is 0.229 e. The van der Waals surface area contributed by atoms with Crippen LogP contribution in [0.15, 0.2) is 33.7 Å². The van der Waals surface area contributed by atoms with E-state index < -0.39 is 0 Å². The number of carbonyl (C=O) groups is 1. The predicted molar refractivity (Wildman–Crippen MR) is 81.5 cm³/mol. The molecule has 110 valence electrons. The molecular weight excluding hydrogens is 308 g/mol. The summed E-state index contributed by atoms with van der Waals surface area (Å²) in [5, 5.41) is 4.75. The third-order valence-corrected chi connectivity index (χ3v) is 5.08. The Labute approximate surface area is 132 Å². The maximum absolute atomic E-state index is 11.3. The molecule has 0 amide bonds. The van der Waals surface area contributed by atoms with Crippen LogP contribution in [0.1, 0.15) is 43.3 Å². The summed E-state index contributed by atoms with van der Waals surface area (Å²) in [6.45, 7) is 0. The SMILES string of the molecule is O=C1CCC(c2nc(CSc3ccccc3Cl)no2)CC1. The van der Waals surface area contributed by atoms with Crippen LogP contribution in [0.25, 0.3) is 0 Å². The lowest BCUT2D eigenvalue weighted by molar-refractivity contribution is -0.120. The summed E-state index contributed by atoms with van der Waals surface area (Å²) in [6, 6.07) is 7.70. The van der Waals surface area contributed by atoms with E-state index in [9.17, 15) is 4.79 Å². The molecule has 4 nitrogen and oxygen atoms in total. The van der Waals surface area contributed by atoms with E-state index in [1.165, 1.54) is 0 Å². The minimum Gasteiger partial charge on any atom is -0.339 e. The molecule has 1 aliphatic carbocycles. The molecule has 21 heavy (non-hydrogen) atoms. The standard InChI is InChI=1S/C15H15ClN2O2S/c16-12-3-1-2-4-13(12)21-9-14-17-15(20-18-14)10-5-7-11(19)8-6-10/h1-4,10H,5-9H2. The minimum absolute atomic E-state index is 0.231. The lowest BCUT2D eigenvalue weighted by atomic mass is 9.88. The van der Waals surface area contributed by atoms with Crippen molar-refractivity contribution in [2.75, 3.05) is 0 Å². The Kier molecular flexibility index (Phi) is 4.60. The van der Waals surface area contributed by atoms with Gasteiger partial charge in [-0.05, 0) is 25.0 Å². The normalized spacial score (nSPS) is 16.3. The van der Waals surface area contributed by atoms with E-state index in [0.717, 1.165) is 22.8 Å². The highest BCUT2D eigenvalue weighted by molar-refractivity contribution is 7.98. The average molecular weight is 323 g/mol. The van der Waals surface area contributed by atoms with Gasteiger partial charge in [-0.3, -0.25) is 4.79 Å². The number of ketones is 1. The number of hydrogen-bond acceptors (Lipinski definition) is 5. The molecule has 0 aliphatic heterocycles. The van der Waals surface area contributed by atoms with E-state index in [1.54, 1.807) is 11.8 Å². The summed E-state index contributed by atoms with van der Waals surface area (Å²) in [5.41, 5.74) is 0. The van der Waals surface area contributed by atoms with Gasteiger partial charge in [0.25, 0.3) is 0 Å². The third-order valence-electron chi connectivity index (χ3n) is 3.57. The Morgan fingerprint density at radius 2 is 2.05 bits per heavy atom. The van der Waals surface area contributed by atoms with E-state index in [2.05, 4.69) is 10.1 Å². The average Bonchev–Trinajstić information content (AvgIpc) is 2.96. The second-order valence-corrected chi connectivity index (χ2v) is 6.51. The quantitative estimate of drug-likeness (QED) is 0.788. The molecule has 0 spiro atoms. The van der Waals surface area contributed by atoms with Gasteiger partial charge in [-0.1, -0.05) is 28.9 Å². The second-order valence-electron chi connectivity index (χ2n) is 5.08. The second kappa shape index (κ2) is 6.62. The zero-order valence-corrected chi connectivity index (χ0v) is 13.0. The number of benzene rings is 1. The molecule has 1 fully saturated rings. The zero-order chi connectivity index (χ0) is 14.7. The van der Waals surface area contributed by atoms with Crippen molar-refractivity contribution < 1.29 is 9.32 Å². The van der Waals surface area contributed by atoms with Crippen LogP contribution in [0.2, 0.25) is 5.02 Å². The summed E-state index contributed by atoms with van der Waals surface area (Å²) in [6.07, 6.45) is 2.88. The Bertz CT molecular complexity index is 634. The van der Waals surface area contributed by atoms with Crippen molar-refractivity contribution in [3.8, 4) is 0 Å². The van der Waals surface area contributed by atoms with Crippen LogP contribution >= 0.6 is 23.4 Å². The van der Waals surface area contributed by atoms with Gasteiger partial charge < -0.3 is 4.52 Å². The maximum atomic E-state index is 11.3. The number of halogens is 1. The summed E-state index contributed by atoms with van der Waals surface area (Å²) in [7, 11) is 0. The van der Waals surface area contributed by atoms with Crippen LogP contribution in [0.4, 0.5) is 0 Å². The molecule has 1 aliphatic rings. The molecular formula is C15H15ClN2O2S. The highest BCUT2D eigenvalue weighted by atomic mass is 35.5. The van der Waals surface area contributed by atoms with E-state index >= 15 is 0 Å². The molecule has 0 saturated heterocycles. The van der Waals surface area contributed by atoms with Crippen LogP contribution in [0.5, 0.6) is 0 Å². The molecule has 1 aromatic carbocycles. The smallest absolute Gasteiger partial charge is 0.229 e. The number of rotatable bonds is 4. The van der Waals surface area contributed by atoms with Crippen LogP contribution in [0, 0.1) is 0 Å². The van der Waals surface area contributed by atoms with Crippen molar-refractivity contribution >= 4 is 29.1 Å². The number of nitrogens with zero attached hydrogens (tertiary/aromatic N) is 2. The fraction of sp³-hybridized carbons (Fsp3) is 0.400. The van der Waals surface area contributed by atoms with Crippen molar-refractivity contribution in [1.82, 2.24) is 10.1 Å². The van der Waals surface area contributed by atoms with Crippen molar-refractivity contribution in [2.45, 2.75) is 42.2 Å². The first-order valence-electron chi connectivity index (χ1n) is 6.94. The molecule has 6 heteroatoms. The van der Waals surface area contributed by atoms with Gasteiger partial charge in [0.05, 0.1) is 10.8 Å². The first-order chi connectivity index (χ1) is 10.2. The molecule has 0 bridgehead atoms. The van der Waals surface area contributed by atoms with Gasteiger partial charge in [0, 0.05) is 23.7 Å². The molecule has 1 saturated carbocycles. The molecule has 0 unspecified atom stereocenters. The molecule has 0 N–H and O–H groups in total. The Morgan fingerprint density at radius 3 is 2.81 bits per heavy atom. The summed E-state index contributed by atoms with van der Waals surface area (Å²) in [4.78, 5) is 16.7. The number of thioether (sulfide) groups is 1. The van der Waals surface area contributed by atoms with Gasteiger partial charge in [0.2, 0.25) is 5.89 Å². The fourth-order valence-corrected chi connectivity index (χ4v) is 3.46. The van der Waals surface area contributed by atoms with Gasteiger partial charge in [-0.2, -0.15) is 4.98 Å². The van der Waals surface area contributed by atoms with Gasteiger partial charge in [0.15, 0.2) is 5.82 Å². The molecule has 0 atom stereocenters. The third kappa shape index (κ3) is 3.66. The molecule has 1 aromatic heterocycles. The first-order valence-corrected chi connectivity index (χ1v) is 8.30. The van der Waals surface area contributed by atoms with Crippen LogP contribution in [0.3, 0.4) is 0 Å². The Hall–Kier alpha value is -1.33. The summed E-state index contributed by atoms with van der Waals surface area (Å²) in [5.74, 6) is 2.53. The van der Waals surface area contributed by atoms with E-state index in [4.69, 9.17) is 16.1 Å².